The molecule has 0 aliphatic rings. The van der Waals surface area contributed by atoms with Gasteiger partial charge in [0.25, 0.3) is 0 Å². The van der Waals surface area contributed by atoms with Gasteiger partial charge in [0.15, 0.2) is 0 Å². The van der Waals surface area contributed by atoms with E-state index in [9.17, 15) is 5.11 Å². The molecule has 1 unspecified atom stereocenters. The van der Waals surface area contributed by atoms with Crippen molar-refractivity contribution in [2.75, 3.05) is 0 Å². The molecule has 2 aromatic rings. The molecular formula is C15H13Cl3O. The largest absolute Gasteiger partial charge is 0.385 e. The minimum absolute atomic E-state index is 0.325. The van der Waals surface area contributed by atoms with Crippen LogP contribution in [0.2, 0.25) is 15.1 Å². The van der Waals surface area contributed by atoms with Gasteiger partial charge in [-0.2, -0.15) is 0 Å². The lowest BCUT2D eigenvalue weighted by molar-refractivity contribution is 0.0577. The summed E-state index contributed by atoms with van der Waals surface area (Å²) in [4.78, 5) is 0. The molecule has 4 heteroatoms. The molecule has 0 heterocycles. The third kappa shape index (κ3) is 3.43. The Balaban J connectivity index is 2.36. The Morgan fingerprint density at radius 2 is 1.58 bits per heavy atom. The molecule has 2 aromatic carbocycles. The van der Waals surface area contributed by atoms with E-state index in [1.165, 1.54) is 0 Å². The van der Waals surface area contributed by atoms with E-state index in [2.05, 4.69) is 0 Å². The highest BCUT2D eigenvalue weighted by Crippen LogP contribution is 2.33. The highest BCUT2D eigenvalue weighted by atomic mass is 35.5. The first kappa shape index (κ1) is 14.7. The van der Waals surface area contributed by atoms with Gasteiger partial charge in [0.05, 0.1) is 5.60 Å². The molecule has 0 aliphatic carbocycles. The number of aliphatic hydroxyl groups is 1. The van der Waals surface area contributed by atoms with Gasteiger partial charge in [-0.05, 0) is 42.3 Å². The zero-order valence-electron chi connectivity index (χ0n) is 10.3. The SMILES string of the molecule is CC(O)(Cc1c(Cl)cccc1Cl)c1cccc(Cl)c1. The van der Waals surface area contributed by atoms with Crippen molar-refractivity contribution in [1.29, 1.82) is 0 Å². The van der Waals surface area contributed by atoms with Crippen molar-refractivity contribution in [3.8, 4) is 0 Å². The van der Waals surface area contributed by atoms with Gasteiger partial charge in [-0.15, -0.1) is 0 Å². The molecule has 0 spiro atoms. The predicted octanol–water partition coefficient (Wildman–Crippen LogP) is 5.10. The Bertz CT molecular complexity index is 573. The summed E-state index contributed by atoms with van der Waals surface area (Å²) in [5, 5.41) is 12.3. The fourth-order valence-electron chi connectivity index (χ4n) is 1.97. The van der Waals surface area contributed by atoms with E-state index in [1.54, 1.807) is 43.3 Å². The van der Waals surface area contributed by atoms with Crippen LogP contribution in [0.5, 0.6) is 0 Å². The molecule has 19 heavy (non-hydrogen) atoms. The molecular weight excluding hydrogens is 303 g/mol. The number of benzene rings is 2. The molecule has 0 saturated heterocycles. The monoisotopic (exact) mass is 314 g/mol. The molecule has 0 aliphatic heterocycles. The van der Waals surface area contributed by atoms with Crippen LogP contribution >= 0.6 is 34.8 Å². The summed E-state index contributed by atoms with van der Waals surface area (Å²) in [7, 11) is 0. The molecule has 0 aromatic heterocycles. The normalized spacial score (nSPS) is 14.2. The Kier molecular flexibility index (Phi) is 4.42. The van der Waals surface area contributed by atoms with E-state index in [0.29, 0.717) is 21.5 Å². The van der Waals surface area contributed by atoms with E-state index < -0.39 is 5.60 Å². The van der Waals surface area contributed by atoms with Gasteiger partial charge in [-0.25, -0.2) is 0 Å². The van der Waals surface area contributed by atoms with Crippen LogP contribution < -0.4 is 0 Å². The molecule has 1 nitrogen and oxygen atoms in total. The van der Waals surface area contributed by atoms with Crippen LogP contribution in [0.3, 0.4) is 0 Å². The highest BCUT2D eigenvalue weighted by Gasteiger charge is 2.26. The number of hydrogen-bond acceptors (Lipinski definition) is 1. The van der Waals surface area contributed by atoms with Gasteiger partial charge in [0.1, 0.15) is 0 Å². The van der Waals surface area contributed by atoms with E-state index in [-0.39, 0.29) is 0 Å². The highest BCUT2D eigenvalue weighted by molar-refractivity contribution is 6.36. The van der Waals surface area contributed by atoms with Crippen LogP contribution in [-0.4, -0.2) is 5.11 Å². The maximum absolute atomic E-state index is 10.6. The summed E-state index contributed by atoms with van der Waals surface area (Å²) < 4.78 is 0. The molecule has 0 radical (unpaired) electrons. The molecule has 0 amide bonds. The third-order valence-corrected chi connectivity index (χ3v) is 3.97. The van der Waals surface area contributed by atoms with E-state index in [1.807, 2.05) is 6.07 Å². The van der Waals surface area contributed by atoms with E-state index in [4.69, 9.17) is 34.8 Å². The lowest BCUT2D eigenvalue weighted by Gasteiger charge is -2.25. The smallest absolute Gasteiger partial charge is 0.0910 e. The maximum atomic E-state index is 10.6. The average Bonchev–Trinajstić information content (AvgIpc) is 2.34. The first-order chi connectivity index (χ1) is 8.90. The lowest BCUT2D eigenvalue weighted by Crippen LogP contribution is -2.24. The van der Waals surface area contributed by atoms with Gasteiger partial charge in [-0.1, -0.05) is 53.0 Å². The molecule has 0 saturated carbocycles. The van der Waals surface area contributed by atoms with Gasteiger partial charge in [0, 0.05) is 21.5 Å². The summed E-state index contributed by atoms with van der Waals surface area (Å²) >= 11 is 18.2. The van der Waals surface area contributed by atoms with Crippen molar-refractivity contribution in [2.24, 2.45) is 0 Å². The zero-order chi connectivity index (χ0) is 14.0. The third-order valence-electron chi connectivity index (χ3n) is 3.03. The van der Waals surface area contributed by atoms with Crippen LogP contribution in [0, 0.1) is 0 Å². The van der Waals surface area contributed by atoms with Crippen molar-refractivity contribution in [2.45, 2.75) is 18.9 Å². The van der Waals surface area contributed by atoms with Crippen molar-refractivity contribution in [3.05, 3.63) is 68.7 Å². The fourth-order valence-corrected chi connectivity index (χ4v) is 2.69. The first-order valence-corrected chi connectivity index (χ1v) is 6.95. The quantitative estimate of drug-likeness (QED) is 0.835. The zero-order valence-corrected chi connectivity index (χ0v) is 12.6. The molecule has 100 valence electrons. The van der Waals surface area contributed by atoms with Gasteiger partial charge in [0.2, 0.25) is 0 Å². The molecule has 1 N–H and O–H groups in total. The average molecular weight is 316 g/mol. The fraction of sp³-hybridized carbons (Fsp3) is 0.200. The van der Waals surface area contributed by atoms with Crippen LogP contribution in [-0.2, 0) is 12.0 Å². The van der Waals surface area contributed by atoms with Gasteiger partial charge >= 0.3 is 0 Å². The van der Waals surface area contributed by atoms with Crippen molar-refractivity contribution in [1.82, 2.24) is 0 Å². The lowest BCUT2D eigenvalue weighted by atomic mass is 9.89. The van der Waals surface area contributed by atoms with Crippen LogP contribution in [0.15, 0.2) is 42.5 Å². The molecule has 0 fully saturated rings. The van der Waals surface area contributed by atoms with Crippen LogP contribution in [0.1, 0.15) is 18.1 Å². The van der Waals surface area contributed by atoms with E-state index in [0.717, 1.165) is 11.1 Å². The standard InChI is InChI=1S/C15H13Cl3O/c1-15(19,10-4-2-5-11(16)8-10)9-12-13(17)6-3-7-14(12)18/h2-8,19H,9H2,1H3. The summed E-state index contributed by atoms with van der Waals surface area (Å²) in [6, 6.07) is 12.4. The number of rotatable bonds is 3. The summed E-state index contributed by atoms with van der Waals surface area (Å²) in [6.45, 7) is 1.72. The number of hydrogen-bond donors (Lipinski definition) is 1. The van der Waals surface area contributed by atoms with Crippen molar-refractivity contribution in [3.63, 3.8) is 0 Å². The molecule has 2 rings (SSSR count). The Hall–Kier alpha value is -0.730. The Morgan fingerprint density at radius 1 is 1.00 bits per heavy atom. The van der Waals surface area contributed by atoms with Crippen molar-refractivity contribution >= 4 is 34.8 Å². The first-order valence-electron chi connectivity index (χ1n) is 5.81. The second-order valence-corrected chi connectivity index (χ2v) is 5.91. The van der Waals surface area contributed by atoms with Gasteiger partial charge < -0.3 is 5.11 Å². The second-order valence-electron chi connectivity index (χ2n) is 4.66. The predicted molar refractivity (Wildman–Crippen MR) is 81.2 cm³/mol. The number of halogens is 3. The topological polar surface area (TPSA) is 20.2 Å². The van der Waals surface area contributed by atoms with Gasteiger partial charge in [-0.3, -0.25) is 0 Å². The Labute approximate surface area is 127 Å². The van der Waals surface area contributed by atoms with E-state index >= 15 is 0 Å². The molecule has 0 bridgehead atoms. The van der Waals surface area contributed by atoms with Crippen molar-refractivity contribution < 1.29 is 5.11 Å². The minimum atomic E-state index is -1.08. The molecule has 1 atom stereocenters. The summed E-state index contributed by atoms with van der Waals surface area (Å²) in [5.41, 5.74) is 0.381. The second kappa shape index (κ2) is 5.72. The minimum Gasteiger partial charge on any atom is -0.385 e. The van der Waals surface area contributed by atoms with Crippen LogP contribution in [0.25, 0.3) is 0 Å². The Morgan fingerprint density at radius 3 is 2.16 bits per heavy atom. The van der Waals surface area contributed by atoms with Crippen LogP contribution in [0.4, 0.5) is 0 Å². The maximum Gasteiger partial charge on any atom is 0.0910 e. The summed E-state index contributed by atoms with van der Waals surface area (Å²) in [5.74, 6) is 0. The summed E-state index contributed by atoms with van der Waals surface area (Å²) in [6.07, 6.45) is 0.325.